The van der Waals surface area contributed by atoms with E-state index in [9.17, 15) is 14.7 Å². The molecule has 4 aromatic rings. The molecule has 0 bridgehead atoms. The van der Waals surface area contributed by atoms with Gasteiger partial charge in [-0.05, 0) is 54.1 Å². The Balaban J connectivity index is 1.54. The van der Waals surface area contributed by atoms with Gasteiger partial charge in [0.1, 0.15) is 5.75 Å². The number of aromatic carboxylic acids is 1. The van der Waals surface area contributed by atoms with E-state index >= 15 is 0 Å². The molecule has 172 valence electrons. The van der Waals surface area contributed by atoms with Crippen LogP contribution in [0, 0.1) is 0 Å². The molecular formula is C25H19Cl2N3O4. The lowest BCUT2D eigenvalue weighted by molar-refractivity contribution is 0.0689. The number of rotatable bonds is 7. The molecule has 3 aromatic carbocycles. The van der Waals surface area contributed by atoms with E-state index in [0.717, 1.165) is 11.1 Å². The van der Waals surface area contributed by atoms with E-state index in [1.165, 1.54) is 10.7 Å². The van der Waals surface area contributed by atoms with E-state index in [-0.39, 0.29) is 11.6 Å². The number of nitrogens with one attached hydrogen (secondary N) is 1. The minimum absolute atomic E-state index is 0.100. The van der Waals surface area contributed by atoms with Gasteiger partial charge in [0.05, 0.1) is 28.5 Å². The van der Waals surface area contributed by atoms with Crippen LogP contribution in [0.1, 0.15) is 26.4 Å². The lowest BCUT2D eigenvalue weighted by Gasteiger charge is -2.10. The topological polar surface area (TPSA) is 93.4 Å². The Morgan fingerprint density at radius 3 is 2.29 bits per heavy atom. The van der Waals surface area contributed by atoms with E-state index < -0.39 is 5.97 Å². The van der Waals surface area contributed by atoms with Crippen LogP contribution in [0.4, 0.5) is 0 Å². The zero-order valence-electron chi connectivity index (χ0n) is 18.0. The van der Waals surface area contributed by atoms with Gasteiger partial charge in [0.25, 0.3) is 5.91 Å². The summed E-state index contributed by atoms with van der Waals surface area (Å²) in [6.07, 6.45) is 0. The van der Waals surface area contributed by atoms with Crippen LogP contribution in [-0.2, 0) is 6.54 Å². The predicted octanol–water partition coefficient (Wildman–Crippen LogP) is 5.48. The summed E-state index contributed by atoms with van der Waals surface area (Å²) in [6.45, 7) is 0.331. The zero-order chi connectivity index (χ0) is 24.2. The zero-order valence-corrected chi connectivity index (χ0v) is 19.5. The molecule has 1 amide bonds. The van der Waals surface area contributed by atoms with Crippen molar-refractivity contribution in [2.45, 2.75) is 6.54 Å². The molecule has 34 heavy (non-hydrogen) atoms. The molecule has 4 rings (SSSR count). The highest BCUT2D eigenvalue weighted by Gasteiger charge is 2.17. The molecule has 7 nitrogen and oxygen atoms in total. The summed E-state index contributed by atoms with van der Waals surface area (Å²) in [6, 6.07) is 20.7. The quantitative estimate of drug-likeness (QED) is 0.353. The number of nitrogens with zero attached hydrogens (tertiary/aromatic N) is 2. The van der Waals surface area contributed by atoms with Gasteiger partial charge in [0, 0.05) is 17.7 Å². The molecule has 0 aliphatic carbocycles. The van der Waals surface area contributed by atoms with E-state index in [1.54, 1.807) is 49.6 Å². The van der Waals surface area contributed by atoms with Crippen LogP contribution >= 0.6 is 23.2 Å². The number of methoxy groups -OCH3 is 1. The minimum atomic E-state index is -1.14. The first-order valence-corrected chi connectivity index (χ1v) is 10.9. The number of aromatic nitrogens is 2. The second-order valence-corrected chi connectivity index (χ2v) is 8.15. The number of carboxylic acid groups (broad SMARTS) is 1. The molecule has 0 saturated carbocycles. The van der Waals surface area contributed by atoms with E-state index in [1.807, 2.05) is 24.3 Å². The van der Waals surface area contributed by atoms with Gasteiger partial charge in [-0.15, -0.1) is 0 Å². The number of carbonyl (C=O) groups excluding carboxylic acids is 1. The van der Waals surface area contributed by atoms with E-state index in [4.69, 9.17) is 27.9 Å². The van der Waals surface area contributed by atoms with Crippen LogP contribution in [-0.4, -0.2) is 33.9 Å². The van der Waals surface area contributed by atoms with Crippen LogP contribution in [0.25, 0.3) is 16.9 Å². The molecule has 2 N–H and O–H groups in total. The van der Waals surface area contributed by atoms with Crippen molar-refractivity contribution >= 4 is 35.1 Å². The average Bonchev–Trinajstić information content (AvgIpc) is 3.30. The van der Waals surface area contributed by atoms with Gasteiger partial charge in [0.15, 0.2) is 5.69 Å². The Labute approximate surface area is 205 Å². The molecule has 9 heteroatoms. The molecule has 0 unspecified atom stereocenters. The smallest absolute Gasteiger partial charge is 0.356 e. The second-order valence-electron chi connectivity index (χ2n) is 7.34. The van der Waals surface area contributed by atoms with Gasteiger partial charge in [-0.2, -0.15) is 5.10 Å². The van der Waals surface area contributed by atoms with Crippen LogP contribution in [0.2, 0.25) is 10.0 Å². The number of amides is 1. The Kier molecular flexibility index (Phi) is 6.86. The number of benzene rings is 3. The highest BCUT2D eigenvalue weighted by Crippen LogP contribution is 2.29. The third-order valence-electron chi connectivity index (χ3n) is 5.13. The number of halogens is 2. The Bertz CT molecular complexity index is 1350. The summed E-state index contributed by atoms with van der Waals surface area (Å²) in [4.78, 5) is 23.9. The van der Waals surface area contributed by atoms with E-state index in [0.29, 0.717) is 39.3 Å². The number of ether oxygens (including phenoxy) is 1. The molecule has 0 radical (unpaired) electrons. The Morgan fingerprint density at radius 2 is 1.68 bits per heavy atom. The van der Waals surface area contributed by atoms with Crippen molar-refractivity contribution < 1.29 is 19.4 Å². The minimum Gasteiger partial charge on any atom is -0.497 e. The van der Waals surface area contributed by atoms with Crippen molar-refractivity contribution in [3.63, 3.8) is 0 Å². The third-order valence-corrected chi connectivity index (χ3v) is 5.87. The van der Waals surface area contributed by atoms with Gasteiger partial charge >= 0.3 is 5.97 Å². The fourth-order valence-electron chi connectivity index (χ4n) is 3.33. The molecule has 0 spiro atoms. The van der Waals surface area contributed by atoms with Crippen molar-refractivity contribution in [1.82, 2.24) is 15.1 Å². The summed E-state index contributed by atoms with van der Waals surface area (Å²) in [5.41, 5.74) is 3.21. The van der Waals surface area contributed by atoms with Crippen LogP contribution in [0.5, 0.6) is 5.75 Å². The molecule has 0 atom stereocenters. The SMILES string of the molecule is COc1ccc(C(=O)NCc2ccc(-c3cc(C(=O)O)nn3-c3ccc(Cl)c(Cl)c3)cc2)cc1. The molecular weight excluding hydrogens is 477 g/mol. The lowest BCUT2D eigenvalue weighted by Crippen LogP contribution is -2.22. The highest BCUT2D eigenvalue weighted by molar-refractivity contribution is 6.42. The van der Waals surface area contributed by atoms with Crippen LogP contribution < -0.4 is 10.1 Å². The first-order chi connectivity index (χ1) is 16.4. The average molecular weight is 496 g/mol. The molecule has 1 heterocycles. The monoisotopic (exact) mass is 495 g/mol. The number of hydrogen-bond donors (Lipinski definition) is 2. The maximum absolute atomic E-state index is 12.4. The molecule has 0 aliphatic rings. The Hall–Kier alpha value is -3.81. The maximum Gasteiger partial charge on any atom is 0.356 e. The van der Waals surface area contributed by atoms with E-state index in [2.05, 4.69) is 10.4 Å². The number of carbonyl (C=O) groups is 2. The van der Waals surface area contributed by atoms with Gasteiger partial charge in [-0.3, -0.25) is 4.79 Å². The normalized spacial score (nSPS) is 10.7. The Morgan fingerprint density at radius 1 is 0.971 bits per heavy atom. The summed E-state index contributed by atoms with van der Waals surface area (Å²) in [5, 5.41) is 17.2. The first-order valence-electron chi connectivity index (χ1n) is 10.2. The highest BCUT2D eigenvalue weighted by atomic mass is 35.5. The van der Waals surface area contributed by atoms with Gasteiger partial charge in [-0.25, -0.2) is 9.48 Å². The lowest BCUT2D eigenvalue weighted by atomic mass is 10.1. The van der Waals surface area contributed by atoms with Gasteiger partial charge < -0.3 is 15.2 Å². The van der Waals surface area contributed by atoms with Crippen LogP contribution in [0.3, 0.4) is 0 Å². The summed E-state index contributed by atoms with van der Waals surface area (Å²) < 4.78 is 6.61. The fourth-order valence-corrected chi connectivity index (χ4v) is 3.62. The van der Waals surface area contributed by atoms with Gasteiger partial charge in [0.2, 0.25) is 0 Å². The van der Waals surface area contributed by atoms with Crippen LogP contribution in [0.15, 0.2) is 72.8 Å². The van der Waals surface area contributed by atoms with Crippen molar-refractivity contribution in [3.05, 3.63) is 99.7 Å². The van der Waals surface area contributed by atoms with Gasteiger partial charge in [-0.1, -0.05) is 47.5 Å². The number of carboxylic acids is 1. The second kappa shape index (κ2) is 9.99. The molecule has 0 saturated heterocycles. The molecule has 0 aliphatic heterocycles. The third kappa shape index (κ3) is 5.06. The summed E-state index contributed by atoms with van der Waals surface area (Å²) >= 11 is 12.2. The first kappa shape index (κ1) is 23.4. The maximum atomic E-state index is 12.4. The van der Waals surface area contributed by atoms with Crippen molar-refractivity contribution in [2.24, 2.45) is 0 Å². The molecule has 0 fully saturated rings. The standard InChI is InChI=1S/C25H19Cl2N3O4/c1-34-19-9-6-17(7-10-19)24(31)28-14-15-2-4-16(5-3-15)23-13-22(25(32)33)29-30(23)18-8-11-20(26)21(27)12-18/h2-13H,14H2,1H3,(H,28,31)(H,32,33). The largest absolute Gasteiger partial charge is 0.497 e. The summed E-state index contributed by atoms with van der Waals surface area (Å²) in [5.74, 6) is -0.660. The predicted molar refractivity (Wildman–Crippen MR) is 130 cm³/mol. The van der Waals surface area contributed by atoms with Crippen molar-refractivity contribution in [1.29, 1.82) is 0 Å². The summed E-state index contributed by atoms with van der Waals surface area (Å²) in [7, 11) is 1.57. The number of hydrogen-bond acceptors (Lipinski definition) is 4. The molecule has 1 aromatic heterocycles. The van der Waals surface area contributed by atoms with Crippen molar-refractivity contribution in [3.8, 4) is 22.7 Å². The fraction of sp³-hybridized carbons (Fsp3) is 0.0800. The van der Waals surface area contributed by atoms with Crippen molar-refractivity contribution in [2.75, 3.05) is 7.11 Å².